The summed E-state index contributed by atoms with van der Waals surface area (Å²) in [6.45, 7) is 8.52. The Balaban J connectivity index is 3.89. The molecule has 0 bridgehead atoms. The normalized spacial score (nSPS) is 13.4. The molecule has 14 heavy (non-hydrogen) atoms. The number of hydrogen-bond donors (Lipinski definition) is 0. The van der Waals surface area contributed by atoms with Crippen LogP contribution in [0, 0.1) is 0 Å². The van der Waals surface area contributed by atoms with Gasteiger partial charge in [0.25, 0.3) is 0 Å². The van der Waals surface area contributed by atoms with Crippen LogP contribution in [0.15, 0.2) is 0 Å². The smallest absolute Gasteiger partial charge is 0.143 e. The Hall–Kier alpha value is 0.447. The SMILES string of the molecule is CCCOS([SiH3])(OCCC)OCCC. The van der Waals surface area contributed by atoms with Gasteiger partial charge in [-0.25, -0.2) is 0 Å². The molecule has 0 spiro atoms. The molecular formula is C9H24O3SSi. The first-order valence-corrected chi connectivity index (χ1v) is 9.66. The zero-order valence-corrected chi connectivity index (χ0v) is 12.7. The average molecular weight is 240 g/mol. The predicted molar refractivity (Wildman–Crippen MR) is 66.3 cm³/mol. The molecule has 0 aromatic heterocycles. The molecule has 0 saturated carbocycles. The minimum Gasteiger partial charge on any atom is -0.298 e. The van der Waals surface area contributed by atoms with Crippen LogP contribution in [0.2, 0.25) is 0 Å². The molecule has 0 atom stereocenters. The first kappa shape index (κ1) is 14.4. The maximum atomic E-state index is 5.68. The van der Waals surface area contributed by atoms with Gasteiger partial charge in [-0.2, -0.15) is 0 Å². The zero-order chi connectivity index (χ0) is 10.9. The molecule has 0 aliphatic rings. The summed E-state index contributed by atoms with van der Waals surface area (Å²) in [5.41, 5.74) is 0. The summed E-state index contributed by atoms with van der Waals surface area (Å²) in [4.78, 5) is 0. The number of hydrogen-bond acceptors (Lipinski definition) is 3. The van der Waals surface area contributed by atoms with Gasteiger partial charge in [-0.05, 0) is 19.3 Å². The topological polar surface area (TPSA) is 27.7 Å². The highest BCUT2D eigenvalue weighted by atomic mass is 32.5. The molecular weight excluding hydrogens is 216 g/mol. The van der Waals surface area contributed by atoms with Crippen molar-refractivity contribution in [3.05, 3.63) is 0 Å². The molecule has 0 N–H and O–H groups in total. The third-order valence-corrected chi connectivity index (χ3v) is 5.41. The highest BCUT2D eigenvalue weighted by molar-refractivity contribution is 8.39. The Morgan fingerprint density at radius 1 is 0.786 bits per heavy atom. The van der Waals surface area contributed by atoms with Crippen molar-refractivity contribution in [1.82, 2.24) is 0 Å². The van der Waals surface area contributed by atoms with Gasteiger partial charge in [0.2, 0.25) is 0 Å². The average Bonchev–Trinajstić information content (AvgIpc) is 2.21. The summed E-state index contributed by atoms with van der Waals surface area (Å²) in [7, 11) is -0.759. The first-order chi connectivity index (χ1) is 6.68. The summed E-state index contributed by atoms with van der Waals surface area (Å²) in [5.74, 6) is 0. The first-order valence-electron chi connectivity index (χ1n) is 5.40. The standard InChI is InChI=1S/C9H24O3SSi/c1-4-7-10-13(14,11-8-5-2)12-9-6-3/h4-9H2,1-3,14H3. The molecule has 5 heteroatoms. The summed E-state index contributed by atoms with van der Waals surface area (Å²) < 4.78 is 17.1. The molecule has 0 saturated heterocycles. The van der Waals surface area contributed by atoms with Crippen LogP contribution in [0.1, 0.15) is 40.0 Å². The van der Waals surface area contributed by atoms with Crippen molar-refractivity contribution in [1.29, 1.82) is 0 Å². The molecule has 0 unspecified atom stereocenters. The number of rotatable bonds is 9. The largest absolute Gasteiger partial charge is 0.298 e. The van der Waals surface area contributed by atoms with E-state index in [4.69, 9.17) is 12.5 Å². The molecule has 0 amide bonds. The summed E-state index contributed by atoms with van der Waals surface area (Å²) in [6.07, 6.45) is 3.05. The van der Waals surface area contributed by atoms with E-state index in [0.29, 0.717) is 0 Å². The Labute approximate surface area is 92.5 Å². The lowest BCUT2D eigenvalue weighted by molar-refractivity contribution is 0.182. The highest BCUT2D eigenvalue weighted by Gasteiger charge is 2.18. The summed E-state index contributed by atoms with van der Waals surface area (Å²) >= 11 is 0. The quantitative estimate of drug-likeness (QED) is 0.578. The van der Waals surface area contributed by atoms with E-state index in [1.165, 1.54) is 0 Å². The molecule has 88 valence electrons. The Morgan fingerprint density at radius 3 is 1.29 bits per heavy atom. The van der Waals surface area contributed by atoms with E-state index in [1.54, 1.807) is 0 Å². The predicted octanol–water partition coefficient (Wildman–Crippen LogP) is 2.10. The van der Waals surface area contributed by atoms with Gasteiger partial charge in [-0.1, -0.05) is 20.8 Å². The van der Waals surface area contributed by atoms with Crippen molar-refractivity contribution in [2.24, 2.45) is 0 Å². The van der Waals surface area contributed by atoms with Crippen molar-refractivity contribution < 1.29 is 12.5 Å². The van der Waals surface area contributed by atoms with E-state index in [9.17, 15) is 0 Å². The second kappa shape index (κ2) is 8.73. The lowest BCUT2D eigenvalue weighted by Gasteiger charge is -2.34. The van der Waals surface area contributed by atoms with E-state index >= 15 is 0 Å². The Kier molecular flexibility index (Phi) is 9.01. The van der Waals surface area contributed by atoms with Gasteiger partial charge in [0, 0.05) is 10.3 Å². The van der Waals surface area contributed by atoms with Crippen LogP contribution in [-0.2, 0) is 12.5 Å². The lowest BCUT2D eigenvalue weighted by Crippen LogP contribution is -2.14. The maximum absolute atomic E-state index is 5.68. The van der Waals surface area contributed by atoms with Crippen LogP contribution in [0.3, 0.4) is 0 Å². The lowest BCUT2D eigenvalue weighted by atomic mass is 10.5. The second-order valence-electron chi connectivity index (χ2n) is 3.17. The summed E-state index contributed by atoms with van der Waals surface area (Å²) in [5, 5.41) is 0. The Morgan fingerprint density at radius 2 is 1.07 bits per heavy atom. The minimum atomic E-state index is -1.59. The van der Waals surface area contributed by atoms with E-state index in [2.05, 4.69) is 20.8 Å². The highest BCUT2D eigenvalue weighted by Crippen LogP contribution is 2.46. The van der Waals surface area contributed by atoms with Crippen LogP contribution >= 0.6 is 10.3 Å². The molecule has 0 rings (SSSR count). The van der Waals surface area contributed by atoms with Gasteiger partial charge in [-0.3, -0.25) is 12.5 Å². The van der Waals surface area contributed by atoms with Crippen LogP contribution in [0.4, 0.5) is 0 Å². The fraction of sp³-hybridized carbons (Fsp3) is 1.00. The minimum absolute atomic E-state index is 0.742. The van der Waals surface area contributed by atoms with E-state index in [-0.39, 0.29) is 0 Å². The van der Waals surface area contributed by atoms with Crippen LogP contribution < -0.4 is 0 Å². The fourth-order valence-corrected chi connectivity index (χ4v) is 3.92. The van der Waals surface area contributed by atoms with Gasteiger partial charge in [0.05, 0.1) is 19.8 Å². The van der Waals surface area contributed by atoms with Crippen molar-refractivity contribution in [2.45, 2.75) is 40.0 Å². The zero-order valence-electron chi connectivity index (χ0n) is 9.88. The molecule has 0 aliphatic heterocycles. The monoisotopic (exact) mass is 240 g/mol. The molecule has 0 aromatic carbocycles. The van der Waals surface area contributed by atoms with Gasteiger partial charge in [0.15, 0.2) is 0 Å². The second-order valence-corrected chi connectivity index (χ2v) is 8.29. The van der Waals surface area contributed by atoms with Crippen molar-refractivity contribution in [2.75, 3.05) is 19.8 Å². The van der Waals surface area contributed by atoms with Gasteiger partial charge in [-0.15, -0.1) is 0 Å². The third kappa shape index (κ3) is 6.84. The Bertz CT molecular complexity index is 113. The molecule has 0 aromatic rings. The van der Waals surface area contributed by atoms with Crippen LogP contribution in [0.5, 0.6) is 0 Å². The van der Waals surface area contributed by atoms with Gasteiger partial charge >= 0.3 is 0 Å². The van der Waals surface area contributed by atoms with E-state index in [0.717, 1.165) is 48.5 Å². The van der Waals surface area contributed by atoms with Crippen LogP contribution in [-0.4, -0.2) is 29.2 Å². The molecule has 3 nitrogen and oxygen atoms in total. The molecule has 0 radical (unpaired) electrons. The van der Waals surface area contributed by atoms with Crippen molar-refractivity contribution in [3.8, 4) is 0 Å². The van der Waals surface area contributed by atoms with Gasteiger partial charge in [0.1, 0.15) is 9.39 Å². The van der Waals surface area contributed by atoms with Crippen LogP contribution in [0.25, 0.3) is 0 Å². The van der Waals surface area contributed by atoms with Crippen molar-refractivity contribution in [3.63, 3.8) is 0 Å². The third-order valence-electron chi connectivity index (χ3n) is 1.50. The molecule has 0 heterocycles. The fourth-order valence-electron chi connectivity index (χ4n) is 0.806. The van der Waals surface area contributed by atoms with E-state index < -0.39 is 10.3 Å². The maximum Gasteiger partial charge on any atom is 0.143 e. The van der Waals surface area contributed by atoms with Gasteiger partial charge < -0.3 is 0 Å². The van der Waals surface area contributed by atoms with Crippen molar-refractivity contribution >= 4 is 19.7 Å². The molecule has 0 aliphatic carbocycles. The summed E-state index contributed by atoms with van der Waals surface area (Å²) in [6, 6.07) is 0. The van der Waals surface area contributed by atoms with E-state index in [1.807, 2.05) is 0 Å². The molecule has 0 fully saturated rings.